The van der Waals surface area contributed by atoms with Gasteiger partial charge < -0.3 is 0 Å². The molecule has 4 heteroatoms. The fourth-order valence-electron chi connectivity index (χ4n) is 0.691. The molecule has 2 nitrogen and oxygen atoms in total. The van der Waals surface area contributed by atoms with Gasteiger partial charge in [0.15, 0.2) is 0 Å². The first-order valence-corrected chi connectivity index (χ1v) is 4.19. The first-order valence-electron chi connectivity index (χ1n) is 2.96. The topological polar surface area (TPSA) is 8.81 Å². The third kappa shape index (κ3) is 1.60. The molecule has 0 unspecified atom stereocenters. The van der Waals surface area contributed by atoms with Crippen LogP contribution in [0.25, 0.3) is 0 Å². The molecular formula is C8H4ClN2Se+. The van der Waals surface area contributed by atoms with Crippen molar-refractivity contribution >= 4 is 27.2 Å². The Morgan fingerprint density at radius 1 is 1.58 bits per heavy atom. The number of hydrogen-bond donors (Lipinski definition) is 0. The van der Waals surface area contributed by atoms with Gasteiger partial charge in [0.1, 0.15) is 0 Å². The predicted molar refractivity (Wildman–Crippen MR) is 47.1 cm³/mol. The molecule has 0 spiro atoms. The van der Waals surface area contributed by atoms with Crippen LogP contribution in [0.4, 0.5) is 0 Å². The SMILES string of the molecule is C#Cn1cc(Cl)c[n+](C#C)c1=[Se]. The summed E-state index contributed by atoms with van der Waals surface area (Å²) in [4.78, 5) is 0. The summed E-state index contributed by atoms with van der Waals surface area (Å²) < 4.78 is 3.59. The number of aromatic nitrogens is 2. The normalized spacial score (nSPS) is 8.58. The fourth-order valence-corrected chi connectivity index (χ4v) is 1.33. The molecule has 1 aromatic rings. The van der Waals surface area contributed by atoms with Crippen molar-refractivity contribution in [3.05, 3.63) is 21.7 Å². The number of halogens is 1. The summed E-state index contributed by atoms with van der Waals surface area (Å²) in [5.74, 6) is 0. The first-order chi connectivity index (χ1) is 5.69. The van der Waals surface area contributed by atoms with Crippen LogP contribution in [0.5, 0.6) is 0 Å². The van der Waals surface area contributed by atoms with Crippen molar-refractivity contribution in [2.75, 3.05) is 0 Å². The molecule has 0 aliphatic carbocycles. The Morgan fingerprint density at radius 3 is 2.75 bits per heavy atom. The first kappa shape index (κ1) is 9.10. The van der Waals surface area contributed by atoms with Gasteiger partial charge in [0.2, 0.25) is 0 Å². The fraction of sp³-hybridized carbons (Fsp3) is 0. The molecule has 0 amide bonds. The molecule has 0 bridgehead atoms. The molecule has 0 saturated carbocycles. The molecular weight excluding hydrogens is 239 g/mol. The van der Waals surface area contributed by atoms with Crippen LogP contribution in [0.15, 0.2) is 12.4 Å². The molecule has 1 heterocycles. The van der Waals surface area contributed by atoms with Gasteiger partial charge in [-0.05, 0) is 0 Å². The summed E-state index contributed by atoms with van der Waals surface area (Å²) in [6.45, 7) is 0. The zero-order valence-electron chi connectivity index (χ0n) is 5.99. The summed E-state index contributed by atoms with van der Waals surface area (Å²) in [5, 5.41) is 0.491. The van der Waals surface area contributed by atoms with E-state index >= 15 is 0 Å². The van der Waals surface area contributed by atoms with Gasteiger partial charge in [0, 0.05) is 0 Å². The predicted octanol–water partition coefficient (Wildman–Crippen LogP) is 0.00709. The standard InChI is InChI=1S/C8H4ClN2Se/c1-3-10-5-7(9)6-11(4-2)8(10)12/h1-2,5-6H/q+1. The van der Waals surface area contributed by atoms with Crippen LogP contribution in [-0.4, -0.2) is 20.1 Å². The Labute approximate surface area is 83.2 Å². The molecule has 0 N–H and O–H groups in total. The second-order valence-corrected chi connectivity index (χ2v) is 3.13. The van der Waals surface area contributed by atoms with Gasteiger partial charge in [0.25, 0.3) is 0 Å². The maximum atomic E-state index is 5.73. The van der Waals surface area contributed by atoms with E-state index < -0.39 is 0 Å². The van der Waals surface area contributed by atoms with Crippen LogP contribution in [0, 0.1) is 29.3 Å². The third-order valence-corrected chi connectivity index (χ3v) is 2.22. The third-order valence-electron chi connectivity index (χ3n) is 1.20. The minimum absolute atomic E-state index is 0.491. The van der Waals surface area contributed by atoms with Crippen molar-refractivity contribution in [1.82, 2.24) is 4.57 Å². The Hall–Kier alpha value is -0.991. The zero-order valence-corrected chi connectivity index (χ0v) is 8.46. The molecule has 0 aliphatic heterocycles. The van der Waals surface area contributed by atoms with E-state index in [1.165, 1.54) is 9.13 Å². The van der Waals surface area contributed by atoms with Crippen LogP contribution >= 0.6 is 11.6 Å². The molecule has 1 rings (SSSR count). The van der Waals surface area contributed by atoms with E-state index in [9.17, 15) is 0 Å². The van der Waals surface area contributed by atoms with Crippen LogP contribution in [0.3, 0.4) is 0 Å². The second kappa shape index (κ2) is 3.61. The number of rotatable bonds is 0. The van der Waals surface area contributed by atoms with Crippen LogP contribution in [-0.2, 0) is 0 Å². The quantitative estimate of drug-likeness (QED) is 0.344. The van der Waals surface area contributed by atoms with E-state index in [0.717, 1.165) is 0 Å². The van der Waals surface area contributed by atoms with E-state index in [4.69, 9.17) is 24.4 Å². The Bertz CT molecular complexity index is 409. The molecule has 1 aromatic heterocycles. The second-order valence-electron chi connectivity index (χ2n) is 1.92. The minimum atomic E-state index is 0.491. The Balaban J connectivity index is 3.59. The monoisotopic (exact) mass is 243 g/mol. The van der Waals surface area contributed by atoms with E-state index in [1.54, 1.807) is 12.4 Å². The van der Waals surface area contributed by atoms with Gasteiger partial charge in [-0.2, -0.15) is 0 Å². The molecule has 12 heavy (non-hydrogen) atoms. The summed E-state index contributed by atoms with van der Waals surface area (Å²) in [6.07, 6.45) is 13.6. The van der Waals surface area contributed by atoms with E-state index in [1.807, 2.05) is 0 Å². The van der Waals surface area contributed by atoms with E-state index in [2.05, 4.69) is 27.7 Å². The molecule has 0 fully saturated rings. The number of nitrogens with zero attached hydrogens (tertiary/aromatic N) is 2. The van der Waals surface area contributed by atoms with Gasteiger partial charge >= 0.3 is 83.0 Å². The van der Waals surface area contributed by atoms with E-state index in [0.29, 0.717) is 9.35 Å². The number of terminal acetylenes is 2. The van der Waals surface area contributed by atoms with Crippen molar-refractivity contribution in [2.45, 2.75) is 0 Å². The van der Waals surface area contributed by atoms with Gasteiger partial charge in [-0.15, -0.1) is 0 Å². The van der Waals surface area contributed by atoms with Gasteiger partial charge in [-0.25, -0.2) is 0 Å². The van der Waals surface area contributed by atoms with Gasteiger partial charge in [-0.1, -0.05) is 0 Å². The van der Waals surface area contributed by atoms with Crippen molar-refractivity contribution in [2.24, 2.45) is 0 Å². The van der Waals surface area contributed by atoms with E-state index in [-0.39, 0.29) is 0 Å². The summed E-state index contributed by atoms with van der Waals surface area (Å²) >= 11 is 8.48. The molecule has 58 valence electrons. The number of hydrogen-bond acceptors (Lipinski definition) is 0. The Morgan fingerprint density at radius 2 is 2.25 bits per heavy atom. The van der Waals surface area contributed by atoms with Crippen molar-refractivity contribution in [3.8, 4) is 24.9 Å². The van der Waals surface area contributed by atoms with Gasteiger partial charge in [0.05, 0.1) is 0 Å². The van der Waals surface area contributed by atoms with Crippen LogP contribution in [0.2, 0.25) is 5.02 Å². The maximum absolute atomic E-state index is 5.73. The van der Waals surface area contributed by atoms with Gasteiger partial charge in [-0.3, -0.25) is 0 Å². The summed E-state index contributed by atoms with van der Waals surface area (Å²) in [6, 6.07) is 4.79. The molecule has 0 aliphatic rings. The molecule has 0 aromatic carbocycles. The van der Waals surface area contributed by atoms with Crippen LogP contribution < -0.4 is 4.57 Å². The zero-order chi connectivity index (χ0) is 9.14. The average Bonchev–Trinajstić information content (AvgIpc) is 2.08. The Kier molecular flexibility index (Phi) is 2.73. The average molecular weight is 243 g/mol. The summed E-state index contributed by atoms with van der Waals surface area (Å²) in [5.41, 5.74) is 0. The van der Waals surface area contributed by atoms with Crippen molar-refractivity contribution in [1.29, 1.82) is 0 Å². The molecule has 0 saturated heterocycles. The van der Waals surface area contributed by atoms with Crippen molar-refractivity contribution < 1.29 is 4.57 Å². The van der Waals surface area contributed by atoms with Crippen molar-refractivity contribution in [3.63, 3.8) is 0 Å². The molecule has 0 radical (unpaired) electrons. The molecule has 0 atom stereocenters. The summed E-state index contributed by atoms with van der Waals surface area (Å²) in [7, 11) is 0. The van der Waals surface area contributed by atoms with Crippen LogP contribution in [0.1, 0.15) is 0 Å².